The predicted octanol–water partition coefficient (Wildman–Crippen LogP) is 0.264. The molecule has 0 aliphatic heterocycles. The van der Waals surface area contributed by atoms with Crippen LogP contribution in [0.25, 0.3) is 0 Å². The second kappa shape index (κ2) is 5.90. The van der Waals surface area contributed by atoms with Crippen molar-refractivity contribution in [2.75, 3.05) is 14.1 Å². The molecule has 0 saturated heterocycles. The van der Waals surface area contributed by atoms with Crippen LogP contribution in [0.1, 0.15) is 11.1 Å². The van der Waals surface area contributed by atoms with Crippen molar-refractivity contribution in [3.05, 3.63) is 35.4 Å². The molecule has 0 aliphatic rings. The summed E-state index contributed by atoms with van der Waals surface area (Å²) < 4.78 is 0. The third kappa shape index (κ3) is 3.73. The quantitative estimate of drug-likeness (QED) is 0.765. The Labute approximate surface area is 95.0 Å². The van der Waals surface area contributed by atoms with Gasteiger partial charge in [-0.2, -0.15) is 0 Å². The number of hydrogen-bond donors (Lipinski definition) is 2. The summed E-state index contributed by atoms with van der Waals surface area (Å²) in [4.78, 5) is 22.2. The number of benzene rings is 1. The molecular weight excluding hydrogens is 204 g/mol. The smallest absolute Gasteiger partial charge is 0.224 e. The van der Waals surface area contributed by atoms with Crippen LogP contribution in [-0.2, 0) is 22.4 Å². The molecule has 0 unspecified atom stereocenters. The van der Waals surface area contributed by atoms with E-state index in [4.69, 9.17) is 0 Å². The zero-order valence-corrected chi connectivity index (χ0v) is 9.54. The van der Waals surface area contributed by atoms with E-state index in [2.05, 4.69) is 10.6 Å². The number of amides is 2. The lowest BCUT2D eigenvalue weighted by atomic mass is 10.1. The van der Waals surface area contributed by atoms with Crippen molar-refractivity contribution in [1.29, 1.82) is 0 Å². The SMILES string of the molecule is CNC(=O)Cc1ccc(CC(=O)NC)cc1. The van der Waals surface area contributed by atoms with Crippen molar-refractivity contribution >= 4 is 11.8 Å². The van der Waals surface area contributed by atoms with Crippen LogP contribution < -0.4 is 10.6 Å². The fourth-order valence-electron chi connectivity index (χ4n) is 1.32. The summed E-state index contributed by atoms with van der Waals surface area (Å²) in [5, 5.41) is 5.13. The molecule has 4 heteroatoms. The van der Waals surface area contributed by atoms with Gasteiger partial charge in [0.05, 0.1) is 12.8 Å². The van der Waals surface area contributed by atoms with Crippen molar-refractivity contribution in [1.82, 2.24) is 10.6 Å². The van der Waals surface area contributed by atoms with Crippen LogP contribution in [0.15, 0.2) is 24.3 Å². The molecule has 0 spiro atoms. The van der Waals surface area contributed by atoms with Crippen molar-refractivity contribution in [2.45, 2.75) is 12.8 Å². The second-order valence-electron chi connectivity index (χ2n) is 3.52. The van der Waals surface area contributed by atoms with Gasteiger partial charge in [-0.05, 0) is 11.1 Å². The molecule has 4 nitrogen and oxygen atoms in total. The number of carbonyl (C=O) groups is 2. The highest BCUT2D eigenvalue weighted by Crippen LogP contribution is 2.05. The maximum absolute atomic E-state index is 11.1. The highest BCUT2D eigenvalue weighted by atomic mass is 16.2. The van der Waals surface area contributed by atoms with Gasteiger partial charge in [0.1, 0.15) is 0 Å². The highest BCUT2D eigenvalue weighted by molar-refractivity contribution is 5.79. The molecule has 0 saturated carbocycles. The molecule has 2 amide bonds. The summed E-state index contributed by atoms with van der Waals surface area (Å²) in [7, 11) is 3.23. The number of hydrogen-bond acceptors (Lipinski definition) is 2. The minimum Gasteiger partial charge on any atom is -0.359 e. The van der Waals surface area contributed by atoms with Crippen LogP contribution in [-0.4, -0.2) is 25.9 Å². The maximum Gasteiger partial charge on any atom is 0.224 e. The molecular formula is C12H16N2O2. The zero-order chi connectivity index (χ0) is 12.0. The summed E-state index contributed by atoms with van der Waals surface area (Å²) in [6, 6.07) is 7.47. The van der Waals surface area contributed by atoms with Crippen LogP contribution in [0.5, 0.6) is 0 Å². The van der Waals surface area contributed by atoms with Crippen molar-refractivity contribution in [2.24, 2.45) is 0 Å². The Bertz CT molecular complexity index is 334. The average molecular weight is 220 g/mol. The van der Waals surface area contributed by atoms with E-state index < -0.39 is 0 Å². The van der Waals surface area contributed by atoms with Gasteiger partial charge in [0, 0.05) is 14.1 Å². The van der Waals surface area contributed by atoms with Crippen LogP contribution in [0.4, 0.5) is 0 Å². The molecule has 86 valence electrons. The molecule has 1 aromatic carbocycles. The summed E-state index contributed by atoms with van der Waals surface area (Å²) in [5.41, 5.74) is 1.89. The lowest BCUT2D eigenvalue weighted by molar-refractivity contribution is -0.120. The van der Waals surface area contributed by atoms with Gasteiger partial charge in [-0.15, -0.1) is 0 Å². The fraction of sp³-hybridized carbons (Fsp3) is 0.333. The number of carbonyl (C=O) groups excluding carboxylic acids is 2. The minimum absolute atomic E-state index is 0.0148. The predicted molar refractivity (Wildman–Crippen MR) is 62.0 cm³/mol. The van der Waals surface area contributed by atoms with Crippen molar-refractivity contribution in [3.63, 3.8) is 0 Å². The molecule has 1 aromatic rings. The van der Waals surface area contributed by atoms with E-state index in [1.165, 1.54) is 0 Å². The van der Waals surface area contributed by atoms with Crippen LogP contribution in [0.2, 0.25) is 0 Å². The Morgan fingerprint density at radius 2 is 1.19 bits per heavy atom. The van der Waals surface area contributed by atoms with Gasteiger partial charge in [-0.25, -0.2) is 0 Å². The zero-order valence-electron chi connectivity index (χ0n) is 9.54. The van der Waals surface area contributed by atoms with E-state index in [1.54, 1.807) is 14.1 Å². The van der Waals surface area contributed by atoms with E-state index in [0.717, 1.165) is 11.1 Å². The molecule has 1 rings (SSSR count). The Morgan fingerprint density at radius 3 is 1.44 bits per heavy atom. The van der Waals surface area contributed by atoms with Gasteiger partial charge in [0.15, 0.2) is 0 Å². The van der Waals surface area contributed by atoms with Crippen LogP contribution in [0, 0.1) is 0 Å². The second-order valence-corrected chi connectivity index (χ2v) is 3.52. The van der Waals surface area contributed by atoms with E-state index in [9.17, 15) is 9.59 Å². The number of rotatable bonds is 4. The molecule has 0 atom stereocenters. The molecule has 2 N–H and O–H groups in total. The van der Waals surface area contributed by atoms with Gasteiger partial charge in [0.2, 0.25) is 11.8 Å². The van der Waals surface area contributed by atoms with Gasteiger partial charge >= 0.3 is 0 Å². The molecule has 0 heterocycles. The third-order valence-corrected chi connectivity index (χ3v) is 2.31. The largest absolute Gasteiger partial charge is 0.359 e. The maximum atomic E-state index is 11.1. The normalized spacial score (nSPS) is 9.62. The van der Waals surface area contributed by atoms with Gasteiger partial charge < -0.3 is 10.6 Å². The third-order valence-electron chi connectivity index (χ3n) is 2.31. The Kier molecular flexibility index (Phi) is 4.51. The first-order valence-electron chi connectivity index (χ1n) is 5.14. The van der Waals surface area contributed by atoms with E-state index in [1.807, 2.05) is 24.3 Å². The number of likely N-dealkylation sites (N-methyl/N-ethyl adjacent to an activating group) is 2. The first kappa shape index (κ1) is 12.2. The Balaban J connectivity index is 2.60. The van der Waals surface area contributed by atoms with Gasteiger partial charge in [-0.1, -0.05) is 24.3 Å². The van der Waals surface area contributed by atoms with Gasteiger partial charge in [-0.3, -0.25) is 9.59 Å². The highest BCUT2D eigenvalue weighted by Gasteiger charge is 2.03. The van der Waals surface area contributed by atoms with Crippen molar-refractivity contribution in [3.8, 4) is 0 Å². The topological polar surface area (TPSA) is 58.2 Å². The van der Waals surface area contributed by atoms with Crippen LogP contribution in [0.3, 0.4) is 0 Å². The van der Waals surface area contributed by atoms with Crippen molar-refractivity contribution < 1.29 is 9.59 Å². The lowest BCUT2D eigenvalue weighted by Crippen LogP contribution is -2.20. The van der Waals surface area contributed by atoms with E-state index in [-0.39, 0.29) is 11.8 Å². The Morgan fingerprint density at radius 1 is 0.875 bits per heavy atom. The Hall–Kier alpha value is -1.84. The number of nitrogens with one attached hydrogen (secondary N) is 2. The van der Waals surface area contributed by atoms with Gasteiger partial charge in [0.25, 0.3) is 0 Å². The first-order valence-corrected chi connectivity index (χ1v) is 5.14. The molecule has 0 fully saturated rings. The molecule has 0 radical (unpaired) electrons. The molecule has 0 aromatic heterocycles. The summed E-state index contributed by atoms with van der Waals surface area (Å²) in [5.74, 6) is -0.0295. The van der Waals surface area contributed by atoms with E-state index in [0.29, 0.717) is 12.8 Å². The van der Waals surface area contributed by atoms with E-state index >= 15 is 0 Å². The van der Waals surface area contributed by atoms with Crippen LogP contribution >= 0.6 is 0 Å². The summed E-state index contributed by atoms with van der Waals surface area (Å²) >= 11 is 0. The fourth-order valence-corrected chi connectivity index (χ4v) is 1.32. The first-order chi connectivity index (χ1) is 7.65. The molecule has 0 bridgehead atoms. The molecule has 0 aliphatic carbocycles. The summed E-state index contributed by atoms with van der Waals surface area (Å²) in [6.45, 7) is 0. The standard InChI is InChI=1S/C12H16N2O2/c1-13-11(15)7-9-3-5-10(6-4-9)8-12(16)14-2/h3-6H,7-8H2,1-2H3,(H,13,15)(H,14,16). The minimum atomic E-state index is -0.0148. The summed E-state index contributed by atoms with van der Waals surface area (Å²) in [6.07, 6.45) is 0.744. The monoisotopic (exact) mass is 220 g/mol. The average Bonchev–Trinajstić information content (AvgIpc) is 2.31. The lowest BCUT2D eigenvalue weighted by Gasteiger charge is -2.03. The molecule has 16 heavy (non-hydrogen) atoms.